The molecule has 6 nitrogen and oxygen atoms in total. The summed E-state index contributed by atoms with van der Waals surface area (Å²) in [6, 6.07) is 0. The van der Waals surface area contributed by atoms with Gasteiger partial charge in [0.05, 0.1) is 6.10 Å². The van der Waals surface area contributed by atoms with E-state index in [0.29, 0.717) is 12.5 Å². The predicted octanol–water partition coefficient (Wildman–Crippen LogP) is 1.39. The molecule has 0 aliphatic rings. The molecule has 0 aromatic carbocycles. The van der Waals surface area contributed by atoms with E-state index in [0.717, 1.165) is 31.6 Å². The van der Waals surface area contributed by atoms with Crippen LogP contribution in [0, 0.1) is 0 Å². The summed E-state index contributed by atoms with van der Waals surface area (Å²) in [7, 11) is 3.45. The van der Waals surface area contributed by atoms with Crippen molar-refractivity contribution in [3.8, 4) is 0 Å². The van der Waals surface area contributed by atoms with Crippen molar-refractivity contribution >= 4 is 11.9 Å². The van der Waals surface area contributed by atoms with Gasteiger partial charge in [-0.15, -0.1) is 0 Å². The van der Waals surface area contributed by atoms with Crippen LogP contribution < -0.4 is 10.6 Å². The Balaban J connectivity index is 4.15. The summed E-state index contributed by atoms with van der Waals surface area (Å²) in [4.78, 5) is 17.4. The summed E-state index contributed by atoms with van der Waals surface area (Å²) < 4.78 is 5.50. The first-order valence-corrected chi connectivity index (χ1v) is 7.81. The quantitative estimate of drug-likeness (QED) is 0.277. The maximum absolute atomic E-state index is 11.6. The van der Waals surface area contributed by atoms with Crippen LogP contribution in [-0.4, -0.2) is 63.2 Å². The number of hydrogen-bond donors (Lipinski definition) is 2. The number of nitrogens with zero attached hydrogens (tertiary/aromatic N) is 2. The normalized spacial score (nSPS) is 11.5. The molecule has 0 aliphatic carbocycles. The molecule has 0 heterocycles. The van der Waals surface area contributed by atoms with Gasteiger partial charge in [0.1, 0.15) is 6.54 Å². The molecule has 0 bridgehead atoms. The van der Waals surface area contributed by atoms with Crippen molar-refractivity contribution in [2.24, 2.45) is 4.99 Å². The van der Waals surface area contributed by atoms with Gasteiger partial charge in [0.2, 0.25) is 5.91 Å². The van der Waals surface area contributed by atoms with Gasteiger partial charge in [-0.3, -0.25) is 4.79 Å². The third-order valence-electron chi connectivity index (χ3n) is 2.74. The van der Waals surface area contributed by atoms with E-state index in [9.17, 15) is 4.79 Å². The van der Waals surface area contributed by atoms with E-state index in [1.165, 1.54) is 4.90 Å². The molecule has 0 unspecified atom stereocenters. The SMILES string of the molecule is C=C(C)CNC(=NCC(=O)N(C)C)NCCCCOC(C)C. The average Bonchev–Trinajstić information content (AvgIpc) is 2.43. The highest BCUT2D eigenvalue weighted by atomic mass is 16.5. The van der Waals surface area contributed by atoms with E-state index >= 15 is 0 Å². The van der Waals surface area contributed by atoms with Crippen LogP contribution in [0.1, 0.15) is 33.6 Å². The number of nitrogens with one attached hydrogen (secondary N) is 2. The van der Waals surface area contributed by atoms with Crippen LogP contribution in [0.3, 0.4) is 0 Å². The van der Waals surface area contributed by atoms with Gasteiger partial charge in [-0.05, 0) is 33.6 Å². The van der Waals surface area contributed by atoms with Gasteiger partial charge < -0.3 is 20.3 Å². The van der Waals surface area contributed by atoms with Crippen LogP contribution in [0.2, 0.25) is 0 Å². The minimum Gasteiger partial charge on any atom is -0.379 e. The van der Waals surface area contributed by atoms with Gasteiger partial charge >= 0.3 is 0 Å². The van der Waals surface area contributed by atoms with E-state index in [-0.39, 0.29) is 18.6 Å². The number of hydrogen-bond acceptors (Lipinski definition) is 3. The molecule has 0 saturated heterocycles. The molecule has 128 valence electrons. The Labute approximate surface area is 135 Å². The second-order valence-corrected chi connectivity index (χ2v) is 5.82. The highest BCUT2D eigenvalue weighted by Crippen LogP contribution is 1.93. The zero-order valence-corrected chi connectivity index (χ0v) is 14.7. The van der Waals surface area contributed by atoms with Gasteiger partial charge in [0, 0.05) is 33.8 Å². The van der Waals surface area contributed by atoms with Gasteiger partial charge in [0.25, 0.3) is 0 Å². The summed E-state index contributed by atoms with van der Waals surface area (Å²) in [5.41, 5.74) is 1.01. The van der Waals surface area contributed by atoms with Crippen molar-refractivity contribution in [2.75, 3.05) is 40.3 Å². The standard InChI is InChI=1S/C16H32N4O2/c1-13(2)11-18-16(19-12-15(21)20(5)6)17-9-7-8-10-22-14(3)4/h14H,1,7-12H2,2-6H3,(H2,17,18,19). The smallest absolute Gasteiger partial charge is 0.243 e. The van der Waals surface area contributed by atoms with Crippen molar-refractivity contribution in [1.82, 2.24) is 15.5 Å². The Morgan fingerprint density at radius 3 is 2.50 bits per heavy atom. The Bertz CT molecular complexity index is 365. The Kier molecular flexibility index (Phi) is 11.2. The number of rotatable bonds is 10. The zero-order valence-electron chi connectivity index (χ0n) is 14.7. The second-order valence-electron chi connectivity index (χ2n) is 5.82. The van der Waals surface area contributed by atoms with Crippen LogP contribution >= 0.6 is 0 Å². The number of carbonyl (C=O) groups excluding carboxylic acids is 1. The molecule has 0 aromatic heterocycles. The number of likely N-dealkylation sites (N-methyl/N-ethyl adjacent to an activating group) is 1. The Morgan fingerprint density at radius 2 is 1.95 bits per heavy atom. The molecule has 0 radical (unpaired) electrons. The first kappa shape index (κ1) is 20.4. The van der Waals surface area contributed by atoms with Crippen LogP contribution in [0.4, 0.5) is 0 Å². The van der Waals surface area contributed by atoms with Crippen molar-refractivity contribution in [1.29, 1.82) is 0 Å². The van der Waals surface area contributed by atoms with E-state index in [2.05, 4.69) is 22.2 Å². The van der Waals surface area contributed by atoms with Gasteiger partial charge in [-0.1, -0.05) is 12.2 Å². The summed E-state index contributed by atoms with van der Waals surface area (Å²) in [5, 5.41) is 6.39. The molecule has 0 aliphatic heterocycles. The maximum Gasteiger partial charge on any atom is 0.243 e. The fourth-order valence-electron chi connectivity index (χ4n) is 1.45. The topological polar surface area (TPSA) is 66.0 Å². The summed E-state index contributed by atoms with van der Waals surface area (Å²) >= 11 is 0. The number of unbranched alkanes of at least 4 members (excludes halogenated alkanes) is 1. The number of guanidine groups is 1. The fraction of sp³-hybridized carbons (Fsp3) is 0.750. The molecular formula is C16H32N4O2. The summed E-state index contributed by atoms with van der Waals surface area (Å²) in [6.07, 6.45) is 2.26. The number of aliphatic imine (C=N–C) groups is 1. The summed E-state index contributed by atoms with van der Waals surface area (Å²) in [5.74, 6) is 0.615. The molecule has 1 amide bonds. The van der Waals surface area contributed by atoms with Crippen LogP contribution in [0.15, 0.2) is 17.1 Å². The minimum atomic E-state index is -0.0261. The van der Waals surface area contributed by atoms with Gasteiger partial charge in [-0.25, -0.2) is 4.99 Å². The monoisotopic (exact) mass is 312 g/mol. The zero-order chi connectivity index (χ0) is 17.0. The van der Waals surface area contributed by atoms with Crippen LogP contribution in [0.25, 0.3) is 0 Å². The highest BCUT2D eigenvalue weighted by molar-refractivity contribution is 5.84. The third-order valence-corrected chi connectivity index (χ3v) is 2.74. The van der Waals surface area contributed by atoms with Gasteiger partial charge in [0.15, 0.2) is 5.96 Å². The van der Waals surface area contributed by atoms with Crippen molar-refractivity contribution < 1.29 is 9.53 Å². The number of carbonyl (C=O) groups is 1. The second kappa shape index (κ2) is 12.0. The fourth-order valence-corrected chi connectivity index (χ4v) is 1.45. The van der Waals surface area contributed by atoms with Crippen LogP contribution in [-0.2, 0) is 9.53 Å². The molecule has 0 rings (SSSR count). The lowest BCUT2D eigenvalue weighted by Crippen LogP contribution is -2.39. The lowest BCUT2D eigenvalue weighted by Gasteiger charge is -2.14. The Morgan fingerprint density at radius 1 is 1.27 bits per heavy atom. The lowest BCUT2D eigenvalue weighted by atomic mass is 10.3. The first-order valence-electron chi connectivity index (χ1n) is 7.81. The van der Waals surface area contributed by atoms with E-state index < -0.39 is 0 Å². The van der Waals surface area contributed by atoms with Crippen LogP contribution in [0.5, 0.6) is 0 Å². The molecule has 0 fully saturated rings. The minimum absolute atomic E-state index is 0.0261. The highest BCUT2D eigenvalue weighted by Gasteiger charge is 2.04. The summed E-state index contributed by atoms with van der Waals surface area (Å²) in [6.45, 7) is 12.2. The molecule has 6 heteroatoms. The lowest BCUT2D eigenvalue weighted by molar-refractivity contribution is -0.127. The van der Waals surface area contributed by atoms with Crippen molar-refractivity contribution in [3.63, 3.8) is 0 Å². The van der Waals surface area contributed by atoms with E-state index in [1.807, 2.05) is 20.8 Å². The third kappa shape index (κ3) is 12.2. The average molecular weight is 312 g/mol. The van der Waals surface area contributed by atoms with Gasteiger partial charge in [-0.2, -0.15) is 0 Å². The Hall–Kier alpha value is -1.56. The molecule has 0 atom stereocenters. The van der Waals surface area contributed by atoms with E-state index in [4.69, 9.17) is 4.74 Å². The molecule has 22 heavy (non-hydrogen) atoms. The molecule has 2 N–H and O–H groups in total. The predicted molar refractivity (Wildman–Crippen MR) is 92.1 cm³/mol. The van der Waals surface area contributed by atoms with Crippen molar-refractivity contribution in [2.45, 2.75) is 39.7 Å². The molecule has 0 saturated carbocycles. The largest absolute Gasteiger partial charge is 0.379 e. The molecule has 0 aromatic rings. The molecule has 0 spiro atoms. The maximum atomic E-state index is 11.6. The van der Waals surface area contributed by atoms with E-state index in [1.54, 1.807) is 14.1 Å². The molecular weight excluding hydrogens is 280 g/mol. The number of amides is 1. The number of ether oxygens (including phenoxy) is 1. The first-order chi connectivity index (χ1) is 10.3. The van der Waals surface area contributed by atoms with Crippen molar-refractivity contribution in [3.05, 3.63) is 12.2 Å².